The second-order valence-electron chi connectivity index (χ2n) is 5.13. The minimum atomic E-state index is -0.705. The number of hydrogen-bond donors (Lipinski definition) is 2. The minimum Gasteiger partial charge on any atom is -0.363 e. The number of nitrogens with one attached hydrogen (secondary N) is 2. The number of aryl methyl sites for hydroxylation is 1. The van der Waals surface area contributed by atoms with Crippen LogP contribution in [0.1, 0.15) is 6.42 Å². The lowest BCUT2D eigenvalue weighted by molar-refractivity contribution is -0.136. The third-order valence-electron chi connectivity index (χ3n) is 3.08. The van der Waals surface area contributed by atoms with Gasteiger partial charge in [-0.3, -0.25) is 14.3 Å². The summed E-state index contributed by atoms with van der Waals surface area (Å²) in [5.41, 5.74) is 0.479. The molecule has 122 valence electrons. The van der Waals surface area contributed by atoms with Gasteiger partial charge < -0.3 is 15.5 Å². The molecule has 0 radical (unpaired) electrons. The van der Waals surface area contributed by atoms with Crippen LogP contribution < -0.4 is 15.5 Å². The highest BCUT2D eigenvalue weighted by Crippen LogP contribution is 2.11. The van der Waals surface area contributed by atoms with E-state index in [9.17, 15) is 9.59 Å². The van der Waals surface area contributed by atoms with Crippen molar-refractivity contribution in [3.8, 4) is 0 Å². The van der Waals surface area contributed by atoms with Gasteiger partial charge in [0.25, 0.3) is 0 Å². The normalized spacial score (nSPS) is 10.2. The molecule has 2 aromatic heterocycles. The number of carbonyl (C=O) groups is 2. The lowest BCUT2D eigenvalue weighted by Crippen LogP contribution is -2.36. The summed E-state index contributed by atoms with van der Waals surface area (Å²) in [5, 5.41) is 9.14. The zero-order valence-corrected chi connectivity index (χ0v) is 13.2. The Morgan fingerprint density at radius 2 is 2.09 bits per heavy atom. The van der Waals surface area contributed by atoms with E-state index in [2.05, 4.69) is 20.7 Å². The zero-order chi connectivity index (χ0) is 16.7. The number of anilines is 2. The number of carbonyl (C=O) groups excluding carboxylic acids is 2. The van der Waals surface area contributed by atoms with E-state index in [-0.39, 0.29) is 0 Å². The summed E-state index contributed by atoms with van der Waals surface area (Å²) in [6.07, 6.45) is 5.75. The first-order valence-corrected chi connectivity index (χ1v) is 7.26. The van der Waals surface area contributed by atoms with Crippen LogP contribution in [0.5, 0.6) is 0 Å². The average molecular weight is 316 g/mol. The summed E-state index contributed by atoms with van der Waals surface area (Å²) >= 11 is 0. The van der Waals surface area contributed by atoms with Crippen LogP contribution in [-0.4, -0.2) is 47.2 Å². The Labute approximate surface area is 134 Å². The standard InChI is InChI=1S/C15H20N6O2/c1-20(2)13-6-5-12(11-17-13)19-15(23)14(22)16-7-3-9-21-10-4-8-18-21/h4-6,8,10-11H,3,7,9H2,1-2H3,(H,16,22)(H,19,23). The first-order valence-electron chi connectivity index (χ1n) is 7.26. The molecular weight excluding hydrogens is 296 g/mol. The molecule has 2 aromatic rings. The van der Waals surface area contributed by atoms with Gasteiger partial charge in [-0.1, -0.05) is 0 Å². The molecule has 8 heteroatoms. The van der Waals surface area contributed by atoms with Crippen molar-refractivity contribution < 1.29 is 9.59 Å². The fourth-order valence-electron chi connectivity index (χ4n) is 1.87. The van der Waals surface area contributed by atoms with Crippen molar-refractivity contribution in [2.24, 2.45) is 0 Å². The molecule has 0 saturated carbocycles. The summed E-state index contributed by atoms with van der Waals surface area (Å²) in [6.45, 7) is 1.09. The molecule has 0 aliphatic heterocycles. The van der Waals surface area contributed by atoms with Crippen molar-refractivity contribution in [3.63, 3.8) is 0 Å². The molecule has 0 aliphatic rings. The van der Waals surface area contributed by atoms with Crippen molar-refractivity contribution in [1.29, 1.82) is 0 Å². The number of nitrogens with zero attached hydrogens (tertiary/aromatic N) is 4. The van der Waals surface area contributed by atoms with Gasteiger partial charge in [-0.05, 0) is 24.6 Å². The predicted molar refractivity (Wildman–Crippen MR) is 87.0 cm³/mol. The average Bonchev–Trinajstić information content (AvgIpc) is 3.05. The largest absolute Gasteiger partial charge is 0.363 e. The van der Waals surface area contributed by atoms with E-state index in [1.807, 2.05) is 31.3 Å². The van der Waals surface area contributed by atoms with Crippen molar-refractivity contribution >= 4 is 23.3 Å². The lowest BCUT2D eigenvalue weighted by Gasteiger charge is -2.11. The smallest absolute Gasteiger partial charge is 0.313 e. The first kappa shape index (κ1) is 16.5. The highest BCUT2D eigenvalue weighted by atomic mass is 16.2. The number of aromatic nitrogens is 3. The maximum atomic E-state index is 11.8. The van der Waals surface area contributed by atoms with Crippen molar-refractivity contribution in [3.05, 3.63) is 36.8 Å². The molecule has 2 rings (SSSR count). The summed E-state index contributed by atoms with van der Waals surface area (Å²) < 4.78 is 1.77. The Bertz CT molecular complexity index is 636. The van der Waals surface area contributed by atoms with Gasteiger partial charge in [-0.15, -0.1) is 0 Å². The van der Waals surface area contributed by atoms with Gasteiger partial charge in [-0.2, -0.15) is 5.10 Å². The van der Waals surface area contributed by atoms with Crippen molar-refractivity contribution in [1.82, 2.24) is 20.1 Å². The number of pyridine rings is 1. The molecule has 0 aliphatic carbocycles. The van der Waals surface area contributed by atoms with Crippen LogP contribution in [0.15, 0.2) is 36.8 Å². The van der Waals surface area contributed by atoms with Gasteiger partial charge in [-0.25, -0.2) is 4.98 Å². The fourth-order valence-corrected chi connectivity index (χ4v) is 1.87. The molecule has 0 unspecified atom stereocenters. The molecule has 8 nitrogen and oxygen atoms in total. The van der Waals surface area contributed by atoms with Crippen LogP contribution in [0.2, 0.25) is 0 Å². The van der Waals surface area contributed by atoms with Gasteiger partial charge in [0, 0.05) is 39.6 Å². The highest BCUT2D eigenvalue weighted by molar-refractivity contribution is 6.39. The van der Waals surface area contributed by atoms with Crippen molar-refractivity contribution in [2.75, 3.05) is 30.9 Å². The molecule has 0 fully saturated rings. The van der Waals surface area contributed by atoms with E-state index in [0.29, 0.717) is 25.2 Å². The SMILES string of the molecule is CN(C)c1ccc(NC(=O)C(=O)NCCCn2cccn2)cn1. The van der Waals surface area contributed by atoms with Gasteiger partial charge in [0.15, 0.2) is 0 Å². The molecule has 0 bridgehead atoms. The Morgan fingerprint density at radius 1 is 1.26 bits per heavy atom. The van der Waals surface area contributed by atoms with E-state index < -0.39 is 11.8 Å². The monoisotopic (exact) mass is 316 g/mol. The molecular formula is C15H20N6O2. The molecule has 0 spiro atoms. The molecule has 0 aromatic carbocycles. The molecule has 2 amide bonds. The van der Waals surface area contributed by atoms with Gasteiger partial charge in [0.05, 0.1) is 11.9 Å². The number of hydrogen-bond acceptors (Lipinski definition) is 5. The van der Waals surface area contributed by atoms with E-state index in [0.717, 1.165) is 5.82 Å². The van der Waals surface area contributed by atoms with Crippen LogP contribution in [0.3, 0.4) is 0 Å². The summed E-state index contributed by atoms with van der Waals surface area (Å²) in [6, 6.07) is 5.30. The Kier molecular flexibility index (Phi) is 5.67. The minimum absolute atomic E-state index is 0.407. The Hall–Kier alpha value is -2.90. The van der Waals surface area contributed by atoms with E-state index in [1.165, 1.54) is 6.20 Å². The fraction of sp³-hybridized carbons (Fsp3) is 0.333. The topological polar surface area (TPSA) is 92.2 Å². The third kappa shape index (κ3) is 5.10. The Morgan fingerprint density at radius 3 is 2.70 bits per heavy atom. The van der Waals surface area contributed by atoms with E-state index in [1.54, 1.807) is 23.0 Å². The molecule has 23 heavy (non-hydrogen) atoms. The number of rotatable bonds is 6. The second kappa shape index (κ2) is 7.92. The van der Waals surface area contributed by atoms with Crippen LogP contribution in [-0.2, 0) is 16.1 Å². The second-order valence-corrected chi connectivity index (χ2v) is 5.13. The van der Waals surface area contributed by atoms with Crippen LogP contribution >= 0.6 is 0 Å². The third-order valence-corrected chi connectivity index (χ3v) is 3.08. The summed E-state index contributed by atoms with van der Waals surface area (Å²) in [4.78, 5) is 29.5. The van der Waals surface area contributed by atoms with Crippen molar-refractivity contribution in [2.45, 2.75) is 13.0 Å². The zero-order valence-electron chi connectivity index (χ0n) is 13.2. The lowest BCUT2D eigenvalue weighted by atomic mass is 10.3. The summed E-state index contributed by atoms with van der Waals surface area (Å²) in [7, 11) is 3.74. The van der Waals surface area contributed by atoms with E-state index in [4.69, 9.17) is 0 Å². The van der Waals surface area contributed by atoms with E-state index >= 15 is 0 Å². The molecule has 2 heterocycles. The summed E-state index contributed by atoms with van der Waals surface area (Å²) in [5.74, 6) is -0.600. The predicted octanol–water partition coefficient (Wildman–Crippen LogP) is 0.489. The highest BCUT2D eigenvalue weighted by Gasteiger charge is 2.13. The maximum absolute atomic E-state index is 11.8. The van der Waals surface area contributed by atoms with Gasteiger partial charge in [0.2, 0.25) is 0 Å². The quantitative estimate of drug-likeness (QED) is 0.598. The maximum Gasteiger partial charge on any atom is 0.313 e. The number of amides is 2. The van der Waals surface area contributed by atoms with Crippen LogP contribution in [0.4, 0.5) is 11.5 Å². The molecule has 0 saturated heterocycles. The molecule has 2 N–H and O–H groups in total. The van der Waals surface area contributed by atoms with Crippen LogP contribution in [0.25, 0.3) is 0 Å². The Balaban J connectivity index is 1.72. The first-order chi connectivity index (χ1) is 11.1. The van der Waals surface area contributed by atoms with Crippen LogP contribution in [0, 0.1) is 0 Å². The van der Waals surface area contributed by atoms with Gasteiger partial charge in [0.1, 0.15) is 5.82 Å². The molecule has 0 atom stereocenters. The van der Waals surface area contributed by atoms with Gasteiger partial charge >= 0.3 is 11.8 Å².